The highest BCUT2D eigenvalue weighted by Gasteiger charge is 2.30. The predicted octanol–water partition coefficient (Wildman–Crippen LogP) is 1.44. The van der Waals surface area contributed by atoms with E-state index in [0.717, 1.165) is 32.5 Å². The van der Waals surface area contributed by atoms with Gasteiger partial charge in [-0.25, -0.2) is 0 Å². The van der Waals surface area contributed by atoms with Crippen LogP contribution in [-0.2, 0) is 14.3 Å². The van der Waals surface area contributed by atoms with Crippen LogP contribution in [0.4, 0.5) is 0 Å². The average Bonchev–Trinajstić information content (AvgIpc) is 2.78. The highest BCUT2D eigenvalue weighted by molar-refractivity contribution is 5.75. The van der Waals surface area contributed by atoms with Crippen molar-refractivity contribution in [2.45, 2.75) is 45.2 Å². The van der Waals surface area contributed by atoms with Crippen LogP contribution in [-0.4, -0.2) is 49.8 Å². The van der Waals surface area contributed by atoms with Crippen LogP contribution >= 0.6 is 0 Å². The molecule has 0 bridgehead atoms. The Balaban J connectivity index is 2.56. The first-order valence-electron chi connectivity index (χ1n) is 6.17. The lowest BCUT2D eigenvalue weighted by Crippen LogP contribution is -2.45. The van der Waals surface area contributed by atoms with Crippen molar-refractivity contribution in [1.29, 1.82) is 0 Å². The molecule has 0 N–H and O–H groups in total. The summed E-state index contributed by atoms with van der Waals surface area (Å²) < 4.78 is 10.5. The van der Waals surface area contributed by atoms with Crippen molar-refractivity contribution in [2.24, 2.45) is 0 Å². The molecule has 16 heavy (non-hydrogen) atoms. The molecule has 1 aliphatic heterocycles. The molecule has 94 valence electrons. The van der Waals surface area contributed by atoms with E-state index in [-0.39, 0.29) is 12.0 Å². The molecule has 0 aromatic carbocycles. The lowest BCUT2D eigenvalue weighted by Gasteiger charge is -2.30. The minimum atomic E-state index is -0.114. The summed E-state index contributed by atoms with van der Waals surface area (Å²) in [5, 5.41) is 0. The first kappa shape index (κ1) is 13.5. The normalized spacial score (nSPS) is 22.4. The van der Waals surface area contributed by atoms with E-state index in [0.29, 0.717) is 12.6 Å². The Morgan fingerprint density at radius 3 is 2.81 bits per heavy atom. The summed E-state index contributed by atoms with van der Waals surface area (Å²) in [7, 11) is 2.00. The molecule has 0 aliphatic carbocycles. The van der Waals surface area contributed by atoms with Gasteiger partial charge in [0.15, 0.2) is 0 Å². The van der Waals surface area contributed by atoms with Gasteiger partial charge in [-0.2, -0.15) is 0 Å². The maximum atomic E-state index is 11.8. The summed E-state index contributed by atoms with van der Waals surface area (Å²) in [6, 6.07) is 0.248. The average molecular weight is 229 g/mol. The second kappa shape index (κ2) is 6.86. The van der Waals surface area contributed by atoms with E-state index in [1.807, 2.05) is 14.0 Å². The van der Waals surface area contributed by atoms with Crippen LogP contribution < -0.4 is 0 Å². The lowest BCUT2D eigenvalue weighted by atomic mass is 10.1. The summed E-state index contributed by atoms with van der Waals surface area (Å²) >= 11 is 0. The van der Waals surface area contributed by atoms with E-state index >= 15 is 0 Å². The first-order chi connectivity index (χ1) is 7.70. The van der Waals surface area contributed by atoms with E-state index < -0.39 is 0 Å². The molecule has 1 rings (SSSR count). The quantitative estimate of drug-likeness (QED) is 0.646. The number of esters is 1. The van der Waals surface area contributed by atoms with Gasteiger partial charge in [-0.1, -0.05) is 13.3 Å². The Kier molecular flexibility index (Phi) is 5.77. The summed E-state index contributed by atoms with van der Waals surface area (Å²) in [5.74, 6) is -0.0984. The molecule has 1 heterocycles. The molecule has 0 amide bonds. The van der Waals surface area contributed by atoms with E-state index in [1.165, 1.54) is 0 Å². The molecule has 0 aromatic heterocycles. The van der Waals surface area contributed by atoms with Crippen LogP contribution in [0.1, 0.15) is 33.1 Å². The Morgan fingerprint density at radius 1 is 1.56 bits per heavy atom. The number of hydrogen-bond donors (Lipinski definition) is 0. The number of nitrogens with zero attached hydrogens (tertiary/aromatic N) is 1. The molecule has 2 unspecified atom stereocenters. The third-order valence-corrected chi connectivity index (χ3v) is 3.09. The Hall–Kier alpha value is -0.610. The van der Waals surface area contributed by atoms with Gasteiger partial charge in [0.2, 0.25) is 0 Å². The molecule has 4 nitrogen and oxygen atoms in total. The molecule has 0 aromatic rings. The molecule has 0 saturated carbocycles. The van der Waals surface area contributed by atoms with Gasteiger partial charge in [0.1, 0.15) is 6.04 Å². The molecule has 1 aliphatic rings. The summed E-state index contributed by atoms with van der Waals surface area (Å²) in [6.07, 6.45) is 2.85. The van der Waals surface area contributed by atoms with E-state index in [2.05, 4.69) is 11.8 Å². The van der Waals surface area contributed by atoms with Gasteiger partial charge >= 0.3 is 5.97 Å². The van der Waals surface area contributed by atoms with Crippen LogP contribution in [0, 0.1) is 0 Å². The van der Waals surface area contributed by atoms with Crippen molar-refractivity contribution in [3.63, 3.8) is 0 Å². The van der Waals surface area contributed by atoms with Crippen LogP contribution in [0.3, 0.4) is 0 Å². The molecule has 0 spiro atoms. The fourth-order valence-corrected chi connectivity index (χ4v) is 2.10. The zero-order chi connectivity index (χ0) is 12.0. The van der Waals surface area contributed by atoms with Gasteiger partial charge in [0.05, 0.1) is 13.2 Å². The molecular weight excluding hydrogens is 206 g/mol. The summed E-state index contributed by atoms with van der Waals surface area (Å²) in [4.78, 5) is 13.9. The Bertz CT molecular complexity index is 214. The third kappa shape index (κ3) is 3.46. The highest BCUT2D eigenvalue weighted by atomic mass is 16.5. The van der Waals surface area contributed by atoms with E-state index in [4.69, 9.17) is 9.47 Å². The first-order valence-corrected chi connectivity index (χ1v) is 6.17. The van der Waals surface area contributed by atoms with Crippen LogP contribution in [0.15, 0.2) is 0 Å². The molecule has 0 radical (unpaired) electrons. The lowest BCUT2D eigenvalue weighted by molar-refractivity contribution is -0.150. The zero-order valence-electron chi connectivity index (χ0n) is 10.6. The number of hydrogen-bond acceptors (Lipinski definition) is 4. The van der Waals surface area contributed by atoms with Gasteiger partial charge in [-0.15, -0.1) is 0 Å². The second-order valence-electron chi connectivity index (χ2n) is 4.24. The van der Waals surface area contributed by atoms with Crippen molar-refractivity contribution >= 4 is 5.97 Å². The second-order valence-corrected chi connectivity index (χ2v) is 4.24. The minimum Gasteiger partial charge on any atom is -0.465 e. The Morgan fingerprint density at radius 2 is 2.31 bits per heavy atom. The van der Waals surface area contributed by atoms with Gasteiger partial charge in [-0.05, 0) is 26.8 Å². The number of ether oxygens (including phenoxy) is 2. The van der Waals surface area contributed by atoms with Crippen LogP contribution in [0.5, 0.6) is 0 Å². The topological polar surface area (TPSA) is 38.8 Å². The van der Waals surface area contributed by atoms with Crippen molar-refractivity contribution in [3.05, 3.63) is 0 Å². The predicted molar refractivity (Wildman–Crippen MR) is 62.3 cm³/mol. The third-order valence-electron chi connectivity index (χ3n) is 3.09. The van der Waals surface area contributed by atoms with Crippen LogP contribution in [0.2, 0.25) is 0 Å². The van der Waals surface area contributed by atoms with E-state index in [1.54, 1.807) is 0 Å². The summed E-state index contributed by atoms with van der Waals surface area (Å²) in [5.41, 5.74) is 0. The smallest absolute Gasteiger partial charge is 0.323 e. The zero-order valence-corrected chi connectivity index (χ0v) is 10.6. The van der Waals surface area contributed by atoms with Gasteiger partial charge in [-0.3, -0.25) is 9.69 Å². The van der Waals surface area contributed by atoms with Gasteiger partial charge < -0.3 is 9.47 Å². The molecule has 1 fully saturated rings. The monoisotopic (exact) mass is 229 g/mol. The largest absolute Gasteiger partial charge is 0.465 e. The van der Waals surface area contributed by atoms with Crippen molar-refractivity contribution in [2.75, 3.05) is 26.9 Å². The number of likely N-dealkylation sites (N-methyl/N-ethyl adjacent to an activating group) is 1. The molecular formula is C12H23NO3. The summed E-state index contributed by atoms with van der Waals surface area (Å²) in [6.45, 7) is 5.92. The van der Waals surface area contributed by atoms with Crippen molar-refractivity contribution in [3.8, 4) is 0 Å². The maximum absolute atomic E-state index is 11.8. The Labute approximate surface area is 97.9 Å². The number of rotatable bonds is 6. The van der Waals surface area contributed by atoms with Crippen molar-refractivity contribution in [1.82, 2.24) is 4.90 Å². The molecule has 2 atom stereocenters. The van der Waals surface area contributed by atoms with E-state index in [9.17, 15) is 4.79 Å². The maximum Gasteiger partial charge on any atom is 0.323 e. The van der Waals surface area contributed by atoms with Crippen molar-refractivity contribution < 1.29 is 14.3 Å². The van der Waals surface area contributed by atoms with Gasteiger partial charge in [0.25, 0.3) is 0 Å². The highest BCUT2D eigenvalue weighted by Crippen LogP contribution is 2.17. The standard InChI is InChI=1S/C12H23NO3/c1-4-6-11(12(14)16-5-2)13(3)10-7-8-15-9-10/h10-11H,4-9H2,1-3H3. The molecule has 4 heteroatoms. The number of carbonyl (C=O) groups excluding carboxylic acids is 1. The SMILES string of the molecule is CCCC(C(=O)OCC)N(C)C1CCOC1. The fourth-order valence-electron chi connectivity index (χ4n) is 2.10. The fraction of sp³-hybridized carbons (Fsp3) is 0.917. The molecule has 1 saturated heterocycles. The number of carbonyl (C=O) groups is 1. The van der Waals surface area contributed by atoms with Crippen LogP contribution in [0.25, 0.3) is 0 Å². The van der Waals surface area contributed by atoms with Gasteiger partial charge in [0, 0.05) is 12.6 Å². The minimum absolute atomic E-state index is 0.0984.